The van der Waals surface area contributed by atoms with Gasteiger partial charge in [0.05, 0.1) is 5.56 Å². The smallest absolute Gasteiger partial charge is 0.166 e. The van der Waals surface area contributed by atoms with Crippen LogP contribution >= 0.6 is 22.6 Å². The van der Waals surface area contributed by atoms with E-state index in [1.54, 1.807) is 6.07 Å². The van der Waals surface area contributed by atoms with Crippen LogP contribution in [0.1, 0.15) is 17.0 Å². The molecule has 0 aliphatic rings. The van der Waals surface area contributed by atoms with Crippen molar-refractivity contribution in [3.05, 3.63) is 52.5 Å². The van der Waals surface area contributed by atoms with Crippen LogP contribution in [0.2, 0.25) is 0 Å². The van der Waals surface area contributed by atoms with E-state index < -0.39 is 11.7 Å². The number of allylic oxidation sites excluding steroid dienone is 1. The molecule has 0 saturated heterocycles. The van der Waals surface area contributed by atoms with Crippen LogP contribution in [-0.2, 0) is 6.18 Å². The lowest BCUT2D eigenvalue weighted by molar-refractivity contribution is -0.137. The van der Waals surface area contributed by atoms with E-state index in [-0.39, 0.29) is 5.92 Å². The van der Waals surface area contributed by atoms with Crippen molar-refractivity contribution in [1.29, 1.82) is 0 Å². The van der Waals surface area contributed by atoms with Gasteiger partial charge in [-0.3, -0.25) is 0 Å². The van der Waals surface area contributed by atoms with Gasteiger partial charge in [0.15, 0.2) is 0 Å². The molecule has 0 aromatic heterocycles. The Morgan fingerprint density at radius 1 is 1.27 bits per heavy atom. The van der Waals surface area contributed by atoms with Crippen molar-refractivity contribution in [3.8, 4) is 0 Å². The highest BCUT2D eigenvalue weighted by Gasteiger charge is 2.31. The average Bonchev–Trinajstić information content (AvgIpc) is 2.14. The monoisotopic (exact) mass is 325 g/mol. The molecule has 81 valence electrons. The first-order valence-electron chi connectivity index (χ1n) is 4.18. The Morgan fingerprint density at radius 3 is 2.33 bits per heavy atom. The van der Waals surface area contributed by atoms with Gasteiger partial charge in [0, 0.05) is 9.49 Å². The fourth-order valence-corrected chi connectivity index (χ4v) is 1.82. The molecule has 15 heavy (non-hydrogen) atoms. The lowest BCUT2D eigenvalue weighted by atomic mass is 9.99. The Balaban J connectivity index is 3.22. The second kappa shape index (κ2) is 4.55. The number of benzene rings is 1. The van der Waals surface area contributed by atoms with Crippen molar-refractivity contribution in [2.24, 2.45) is 0 Å². The van der Waals surface area contributed by atoms with Crippen LogP contribution in [-0.4, -0.2) is 0 Å². The highest BCUT2D eigenvalue weighted by molar-refractivity contribution is 14.1. The van der Waals surface area contributed by atoms with E-state index in [2.05, 4.69) is 13.5 Å². The Bertz CT molecular complexity index is 369. The quantitative estimate of drug-likeness (QED) is 0.558. The molecule has 0 fully saturated rings. The van der Waals surface area contributed by atoms with Gasteiger partial charge in [-0.25, -0.2) is 0 Å². The molecule has 1 aromatic carbocycles. The molecule has 0 aliphatic carbocycles. The first-order chi connectivity index (χ1) is 6.84. The maximum absolute atomic E-state index is 12.5. The van der Waals surface area contributed by atoms with Crippen molar-refractivity contribution in [1.82, 2.24) is 0 Å². The normalized spacial score (nSPS) is 13.7. The number of hydrogen-bond acceptors (Lipinski definition) is 0. The summed E-state index contributed by atoms with van der Waals surface area (Å²) >= 11 is 1.86. The molecule has 1 aromatic rings. The first-order valence-corrected chi connectivity index (χ1v) is 5.26. The molecule has 0 aliphatic heterocycles. The Labute approximate surface area is 100 Å². The highest BCUT2D eigenvalue weighted by Crippen LogP contribution is 2.32. The fourth-order valence-electron chi connectivity index (χ4n) is 1.13. The summed E-state index contributed by atoms with van der Waals surface area (Å²) in [6.07, 6.45) is -2.79. The number of hydrogen-bond donors (Lipinski definition) is 0. The zero-order valence-corrected chi connectivity index (χ0v) is 9.97. The molecule has 1 unspecified atom stereocenters. The van der Waals surface area contributed by atoms with Crippen LogP contribution in [0.5, 0.6) is 0 Å². The summed E-state index contributed by atoms with van der Waals surface area (Å²) < 4.78 is 37.9. The predicted octanol–water partition coefficient (Wildman–Crippen LogP) is 4.41. The van der Waals surface area contributed by atoms with Crippen LogP contribution in [0.15, 0.2) is 30.9 Å². The van der Waals surface area contributed by atoms with Gasteiger partial charge in [-0.1, -0.05) is 6.08 Å². The molecule has 1 atom stereocenters. The van der Waals surface area contributed by atoms with E-state index in [0.717, 1.165) is 12.1 Å². The molecule has 0 bridgehead atoms. The van der Waals surface area contributed by atoms with E-state index >= 15 is 0 Å². The van der Waals surface area contributed by atoms with Gasteiger partial charge in [-0.15, -0.1) is 6.58 Å². The van der Waals surface area contributed by atoms with Crippen molar-refractivity contribution in [3.63, 3.8) is 0 Å². The minimum absolute atomic E-state index is 0.319. The zero-order valence-electron chi connectivity index (χ0n) is 7.81. The molecule has 0 heterocycles. The van der Waals surface area contributed by atoms with Gasteiger partial charge in [0.1, 0.15) is 0 Å². The van der Waals surface area contributed by atoms with Crippen molar-refractivity contribution in [2.45, 2.75) is 12.1 Å². The van der Waals surface area contributed by atoms with E-state index in [9.17, 15) is 13.2 Å². The van der Waals surface area contributed by atoms with Gasteiger partial charge < -0.3 is 0 Å². The second-order valence-corrected chi connectivity index (χ2v) is 4.36. The van der Waals surface area contributed by atoms with Crippen molar-refractivity contribution < 1.29 is 13.2 Å². The van der Waals surface area contributed by atoms with Crippen LogP contribution in [0.4, 0.5) is 13.2 Å². The molecular formula is C11H9F3I. The Morgan fingerprint density at radius 2 is 1.87 bits per heavy atom. The van der Waals surface area contributed by atoms with Gasteiger partial charge in [0.2, 0.25) is 0 Å². The molecule has 1 radical (unpaired) electrons. The van der Waals surface area contributed by atoms with Crippen molar-refractivity contribution in [2.75, 3.05) is 0 Å². The Kier molecular flexibility index (Phi) is 3.81. The third-order valence-corrected chi connectivity index (χ3v) is 2.58. The molecule has 0 N–H and O–H groups in total. The largest absolute Gasteiger partial charge is 0.416 e. The van der Waals surface area contributed by atoms with E-state index in [4.69, 9.17) is 0 Å². The first kappa shape index (κ1) is 12.5. The van der Waals surface area contributed by atoms with E-state index in [0.29, 0.717) is 9.13 Å². The van der Waals surface area contributed by atoms with Crippen LogP contribution < -0.4 is 0 Å². The number of rotatable bonds is 2. The molecule has 0 amide bonds. The minimum Gasteiger partial charge on any atom is -0.166 e. The summed E-state index contributed by atoms with van der Waals surface area (Å²) in [5.41, 5.74) is -0.107. The maximum atomic E-state index is 12.5. The van der Waals surface area contributed by atoms with Crippen LogP contribution in [0.3, 0.4) is 0 Å². The topological polar surface area (TPSA) is 0 Å². The summed E-state index contributed by atoms with van der Waals surface area (Å²) in [7, 11) is 0. The van der Waals surface area contributed by atoms with Crippen LogP contribution in [0.25, 0.3) is 0 Å². The zero-order chi connectivity index (χ0) is 11.6. The third kappa shape index (κ3) is 3.22. The van der Waals surface area contributed by atoms with Gasteiger partial charge in [-0.05, 0) is 53.3 Å². The Hall–Kier alpha value is -0.520. The van der Waals surface area contributed by atoms with Gasteiger partial charge in [0.25, 0.3) is 0 Å². The van der Waals surface area contributed by atoms with Gasteiger partial charge in [-0.2, -0.15) is 13.2 Å². The predicted molar refractivity (Wildman–Crippen MR) is 62.5 cm³/mol. The number of alkyl halides is 3. The molecule has 1 rings (SSSR count). The summed E-state index contributed by atoms with van der Waals surface area (Å²) in [5, 5.41) is 0. The minimum atomic E-state index is -4.31. The molecule has 0 spiro atoms. The maximum Gasteiger partial charge on any atom is 0.416 e. The highest BCUT2D eigenvalue weighted by atomic mass is 127. The van der Waals surface area contributed by atoms with Gasteiger partial charge >= 0.3 is 6.18 Å². The second-order valence-electron chi connectivity index (χ2n) is 3.11. The standard InChI is InChI=1S/C11H9F3I/c1-3-7(2)8-4-9(11(12,13)14)6-10(15)5-8/h3-7H,1-2H2. The summed E-state index contributed by atoms with van der Waals surface area (Å²) in [6, 6.07) is 3.90. The lowest BCUT2D eigenvalue weighted by Crippen LogP contribution is -2.06. The molecule has 0 saturated carbocycles. The third-order valence-electron chi connectivity index (χ3n) is 1.96. The summed E-state index contributed by atoms with van der Waals surface area (Å²) in [6.45, 7) is 7.21. The summed E-state index contributed by atoms with van der Waals surface area (Å²) in [4.78, 5) is 0. The molecular weight excluding hydrogens is 316 g/mol. The molecule has 0 nitrogen and oxygen atoms in total. The number of halogens is 4. The molecule has 4 heteroatoms. The summed E-state index contributed by atoms with van der Waals surface area (Å²) in [5.74, 6) is -0.319. The van der Waals surface area contributed by atoms with Crippen LogP contribution in [0, 0.1) is 10.5 Å². The van der Waals surface area contributed by atoms with Crippen molar-refractivity contribution >= 4 is 22.6 Å². The van der Waals surface area contributed by atoms with E-state index in [1.165, 1.54) is 6.08 Å². The fraction of sp³-hybridized carbons (Fsp3) is 0.182. The average molecular weight is 325 g/mol. The van der Waals surface area contributed by atoms with E-state index in [1.807, 2.05) is 22.6 Å². The lowest BCUT2D eigenvalue weighted by Gasteiger charge is -2.12. The SMILES string of the molecule is [CH2]C(C=C)c1cc(I)cc(C(F)(F)F)c1.